The minimum absolute atomic E-state index is 0.0411. The number of esters is 1. The second-order valence-electron chi connectivity index (χ2n) is 7.21. The molecule has 4 heterocycles. The zero-order valence-corrected chi connectivity index (χ0v) is 17.0. The third-order valence-corrected chi connectivity index (χ3v) is 5.09. The standard InChI is InChI=1S/C21H24N4O5/c1-3-13(2)29-21(27)17-18(26)16(30-20(17)24-25-7-9-28-10-8-25)11-14-12-23-19-15(14)5-4-6-22-19/h4-6,11-13,17H,3,7-10H2,1-2H3,(H,22,23)/b16-11-,24-20?/t13-,17?/m1/s1. The number of hydrogen-bond acceptors (Lipinski definition) is 8. The van der Waals surface area contributed by atoms with Gasteiger partial charge in [0, 0.05) is 23.3 Å². The molecular formula is C21H24N4O5. The molecule has 9 heteroatoms. The summed E-state index contributed by atoms with van der Waals surface area (Å²) >= 11 is 0. The van der Waals surface area contributed by atoms with Crippen LogP contribution in [0.2, 0.25) is 0 Å². The molecule has 1 unspecified atom stereocenters. The number of aromatic nitrogens is 2. The van der Waals surface area contributed by atoms with Crippen molar-refractivity contribution in [2.45, 2.75) is 26.4 Å². The number of aromatic amines is 1. The van der Waals surface area contributed by atoms with Crippen molar-refractivity contribution < 1.29 is 23.8 Å². The van der Waals surface area contributed by atoms with Crippen molar-refractivity contribution in [3.63, 3.8) is 0 Å². The van der Waals surface area contributed by atoms with Gasteiger partial charge in [0.05, 0.1) is 32.4 Å². The molecule has 0 aromatic carbocycles. The Morgan fingerprint density at radius 2 is 2.27 bits per heavy atom. The Labute approximate surface area is 173 Å². The first-order valence-electron chi connectivity index (χ1n) is 10.0. The van der Waals surface area contributed by atoms with Gasteiger partial charge in [-0.25, -0.2) is 4.98 Å². The summed E-state index contributed by atoms with van der Waals surface area (Å²) < 4.78 is 16.5. The lowest BCUT2D eigenvalue weighted by molar-refractivity contribution is -0.152. The highest BCUT2D eigenvalue weighted by atomic mass is 16.6. The van der Waals surface area contributed by atoms with Crippen LogP contribution in [-0.4, -0.2) is 65.0 Å². The van der Waals surface area contributed by atoms with Gasteiger partial charge in [-0.1, -0.05) is 6.92 Å². The maximum absolute atomic E-state index is 13.1. The van der Waals surface area contributed by atoms with Crippen molar-refractivity contribution in [1.29, 1.82) is 0 Å². The highest BCUT2D eigenvalue weighted by Crippen LogP contribution is 2.28. The molecule has 0 aliphatic carbocycles. The first kappa shape index (κ1) is 20.1. The van der Waals surface area contributed by atoms with E-state index in [-0.39, 0.29) is 17.8 Å². The number of ether oxygens (including phenoxy) is 3. The number of nitrogens with zero attached hydrogens (tertiary/aromatic N) is 3. The third kappa shape index (κ3) is 4.06. The fourth-order valence-electron chi connectivity index (χ4n) is 3.24. The Balaban J connectivity index is 1.66. The predicted octanol–water partition coefficient (Wildman–Crippen LogP) is 2.11. The van der Waals surface area contributed by atoms with Crippen molar-refractivity contribution in [1.82, 2.24) is 15.0 Å². The van der Waals surface area contributed by atoms with Gasteiger partial charge >= 0.3 is 5.97 Å². The number of rotatable bonds is 5. The number of hydrazone groups is 1. The molecule has 2 aromatic rings. The number of carbonyl (C=O) groups excluding carboxylic acids is 2. The SMILES string of the molecule is CC[C@@H](C)OC(=O)C1C(=O)/C(=C/c2c[nH]c3ncccc23)OC1=NN1CCOCC1. The smallest absolute Gasteiger partial charge is 0.326 e. The molecule has 30 heavy (non-hydrogen) atoms. The second kappa shape index (κ2) is 8.66. The van der Waals surface area contributed by atoms with Crippen molar-refractivity contribution in [3.8, 4) is 0 Å². The summed E-state index contributed by atoms with van der Waals surface area (Å²) in [5.41, 5.74) is 1.44. The molecule has 2 fully saturated rings. The second-order valence-corrected chi connectivity index (χ2v) is 7.21. The normalized spacial score (nSPS) is 23.2. The van der Waals surface area contributed by atoms with E-state index in [2.05, 4.69) is 15.1 Å². The van der Waals surface area contributed by atoms with E-state index in [4.69, 9.17) is 14.2 Å². The van der Waals surface area contributed by atoms with Crippen LogP contribution in [0.4, 0.5) is 0 Å². The number of pyridine rings is 1. The molecule has 0 spiro atoms. The van der Waals surface area contributed by atoms with E-state index in [0.29, 0.717) is 38.4 Å². The first-order chi connectivity index (χ1) is 14.6. The molecule has 2 atom stereocenters. The molecule has 0 bridgehead atoms. The van der Waals surface area contributed by atoms with Crippen LogP contribution in [0.3, 0.4) is 0 Å². The Morgan fingerprint density at radius 1 is 1.47 bits per heavy atom. The summed E-state index contributed by atoms with van der Waals surface area (Å²) in [6, 6.07) is 3.70. The van der Waals surface area contributed by atoms with E-state index < -0.39 is 17.7 Å². The lowest BCUT2D eigenvalue weighted by Crippen LogP contribution is -2.36. The van der Waals surface area contributed by atoms with Crippen molar-refractivity contribution in [2.24, 2.45) is 11.0 Å². The van der Waals surface area contributed by atoms with E-state index >= 15 is 0 Å². The summed E-state index contributed by atoms with van der Waals surface area (Å²) in [6.07, 6.45) is 5.37. The summed E-state index contributed by atoms with van der Waals surface area (Å²) in [5, 5.41) is 7.02. The fraction of sp³-hybridized carbons (Fsp3) is 0.429. The molecule has 4 rings (SSSR count). The van der Waals surface area contributed by atoms with Crippen LogP contribution in [0.5, 0.6) is 0 Å². The minimum atomic E-state index is -1.21. The van der Waals surface area contributed by atoms with Crippen molar-refractivity contribution in [3.05, 3.63) is 35.8 Å². The summed E-state index contributed by atoms with van der Waals surface area (Å²) in [6.45, 7) is 5.86. The number of H-pyrrole nitrogens is 1. The van der Waals surface area contributed by atoms with E-state index in [1.807, 2.05) is 19.1 Å². The highest BCUT2D eigenvalue weighted by molar-refractivity contribution is 6.27. The van der Waals surface area contributed by atoms with Crippen LogP contribution in [-0.2, 0) is 23.8 Å². The maximum atomic E-state index is 13.1. The van der Waals surface area contributed by atoms with Crippen LogP contribution >= 0.6 is 0 Å². The van der Waals surface area contributed by atoms with Crippen molar-refractivity contribution >= 4 is 34.8 Å². The molecule has 2 aliphatic heterocycles. The molecule has 2 saturated heterocycles. The number of nitrogens with one attached hydrogen (secondary N) is 1. The highest BCUT2D eigenvalue weighted by Gasteiger charge is 2.45. The molecule has 0 saturated carbocycles. The van der Waals surface area contributed by atoms with Gasteiger partial charge in [0.25, 0.3) is 0 Å². The predicted molar refractivity (Wildman–Crippen MR) is 109 cm³/mol. The van der Waals surface area contributed by atoms with E-state index in [1.165, 1.54) is 0 Å². The Bertz CT molecular complexity index is 1010. The average Bonchev–Trinajstić information content (AvgIpc) is 3.30. The zero-order chi connectivity index (χ0) is 21.1. The zero-order valence-electron chi connectivity index (χ0n) is 17.0. The Morgan fingerprint density at radius 3 is 3.03 bits per heavy atom. The van der Waals surface area contributed by atoms with Gasteiger partial charge < -0.3 is 19.2 Å². The average molecular weight is 412 g/mol. The van der Waals surface area contributed by atoms with Crippen LogP contribution in [0, 0.1) is 5.92 Å². The molecule has 0 amide bonds. The number of morpholine rings is 1. The third-order valence-electron chi connectivity index (χ3n) is 5.09. The van der Waals surface area contributed by atoms with E-state index in [1.54, 1.807) is 30.4 Å². The van der Waals surface area contributed by atoms with Crippen LogP contribution in [0.15, 0.2) is 35.4 Å². The van der Waals surface area contributed by atoms with Crippen LogP contribution in [0.1, 0.15) is 25.8 Å². The molecule has 1 N–H and O–H groups in total. The maximum Gasteiger partial charge on any atom is 0.326 e. The minimum Gasteiger partial charge on any atom is -0.462 e. The summed E-state index contributed by atoms with van der Waals surface area (Å²) in [4.78, 5) is 33.1. The Hall–Kier alpha value is -3.20. The van der Waals surface area contributed by atoms with Gasteiger partial charge in [-0.15, -0.1) is 5.10 Å². The van der Waals surface area contributed by atoms with Gasteiger partial charge in [-0.2, -0.15) is 0 Å². The molecule has 9 nitrogen and oxygen atoms in total. The lowest BCUT2D eigenvalue weighted by atomic mass is 10.0. The van der Waals surface area contributed by atoms with Crippen LogP contribution < -0.4 is 0 Å². The number of Topliss-reactive ketones (excluding diaryl/α,β-unsaturated/α-hetero) is 1. The largest absolute Gasteiger partial charge is 0.462 e. The van der Waals surface area contributed by atoms with E-state index in [0.717, 1.165) is 10.9 Å². The molecule has 2 aliphatic rings. The number of hydrogen-bond donors (Lipinski definition) is 1. The van der Waals surface area contributed by atoms with Gasteiger partial charge in [0.2, 0.25) is 17.6 Å². The van der Waals surface area contributed by atoms with Crippen LogP contribution in [0.25, 0.3) is 17.1 Å². The molecular weight excluding hydrogens is 388 g/mol. The molecule has 158 valence electrons. The summed E-state index contributed by atoms with van der Waals surface area (Å²) in [7, 11) is 0. The Kier molecular flexibility index (Phi) is 5.80. The van der Waals surface area contributed by atoms with Gasteiger partial charge in [0.1, 0.15) is 5.65 Å². The molecule has 2 aromatic heterocycles. The van der Waals surface area contributed by atoms with Crippen molar-refractivity contribution in [2.75, 3.05) is 26.3 Å². The van der Waals surface area contributed by atoms with E-state index in [9.17, 15) is 9.59 Å². The number of fused-ring (bicyclic) bond motifs is 1. The summed E-state index contributed by atoms with van der Waals surface area (Å²) in [5.74, 6) is -2.23. The monoisotopic (exact) mass is 412 g/mol. The first-order valence-corrected chi connectivity index (χ1v) is 10.0. The topological polar surface area (TPSA) is 106 Å². The van der Waals surface area contributed by atoms with Gasteiger partial charge in [-0.3, -0.25) is 14.6 Å². The fourth-order valence-corrected chi connectivity index (χ4v) is 3.24. The number of ketones is 1. The van der Waals surface area contributed by atoms with Gasteiger partial charge in [-0.05, 0) is 31.6 Å². The number of allylic oxidation sites excluding steroid dienone is 1. The van der Waals surface area contributed by atoms with Gasteiger partial charge in [0.15, 0.2) is 5.76 Å². The number of carbonyl (C=O) groups is 2. The quantitative estimate of drug-likeness (QED) is 0.455. The lowest BCUT2D eigenvalue weighted by Gasteiger charge is -2.24. The molecule has 0 radical (unpaired) electrons.